The highest BCUT2D eigenvalue weighted by Gasteiger charge is 1.96. The standard InChI is InChI=1S/C14H21N/c1-5-12(2)7-6-8-13(3)9-10-14(4)11-15/h5,8,12H,1,4,6-7,9-10H2,2-3H3/b13-8+. The van der Waals surface area contributed by atoms with Crippen LogP contribution in [-0.2, 0) is 0 Å². The van der Waals surface area contributed by atoms with Gasteiger partial charge in [-0.1, -0.05) is 31.2 Å². The van der Waals surface area contributed by atoms with Gasteiger partial charge in [-0.2, -0.15) is 5.26 Å². The quantitative estimate of drug-likeness (QED) is 0.444. The van der Waals surface area contributed by atoms with Crippen LogP contribution >= 0.6 is 0 Å². The molecule has 0 aliphatic carbocycles. The molecule has 1 heteroatoms. The number of nitriles is 1. The van der Waals surface area contributed by atoms with Crippen LogP contribution in [0.15, 0.2) is 36.5 Å². The van der Waals surface area contributed by atoms with Gasteiger partial charge in [-0.3, -0.25) is 0 Å². The lowest BCUT2D eigenvalue weighted by molar-refractivity contribution is 0.656. The van der Waals surface area contributed by atoms with Crippen molar-refractivity contribution in [2.75, 3.05) is 0 Å². The van der Waals surface area contributed by atoms with Crippen molar-refractivity contribution in [3.05, 3.63) is 36.5 Å². The van der Waals surface area contributed by atoms with Crippen molar-refractivity contribution < 1.29 is 0 Å². The monoisotopic (exact) mass is 203 g/mol. The number of rotatable bonds is 7. The Labute approximate surface area is 93.8 Å². The molecule has 1 nitrogen and oxygen atoms in total. The molecule has 1 unspecified atom stereocenters. The van der Waals surface area contributed by atoms with E-state index in [0.29, 0.717) is 11.5 Å². The van der Waals surface area contributed by atoms with E-state index in [2.05, 4.69) is 39.2 Å². The molecule has 0 spiro atoms. The molecule has 0 amide bonds. The van der Waals surface area contributed by atoms with Crippen LogP contribution in [0.1, 0.15) is 39.5 Å². The molecule has 82 valence electrons. The fraction of sp³-hybridized carbons (Fsp3) is 0.500. The Morgan fingerprint density at radius 1 is 1.47 bits per heavy atom. The number of hydrogen-bond acceptors (Lipinski definition) is 1. The van der Waals surface area contributed by atoms with Gasteiger partial charge >= 0.3 is 0 Å². The van der Waals surface area contributed by atoms with Crippen molar-refractivity contribution in [3.8, 4) is 6.07 Å². The molecule has 0 aromatic carbocycles. The normalized spacial score (nSPS) is 13.0. The minimum absolute atomic E-state index is 0.586. The van der Waals surface area contributed by atoms with E-state index in [9.17, 15) is 0 Å². The first kappa shape index (κ1) is 13.7. The summed E-state index contributed by atoms with van der Waals surface area (Å²) in [7, 11) is 0. The third kappa shape index (κ3) is 7.76. The smallest absolute Gasteiger partial charge is 0.0940 e. The summed E-state index contributed by atoms with van der Waals surface area (Å²) >= 11 is 0. The molecule has 0 aliphatic rings. The first-order valence-electron chi connectivity index (χ1n) is 5.46. The van der Waals surface area contributed by atoms with E-state index in [1.165, 1.54) is 5.57 Å². The molecule has 1 atom stereocenters. The molecule has 0 N–H and O–H groups in total. The summed E-state index contributed by atoms with van der Waals surface area (Å²) < 4.78 is 0. The number of nitrogens with zero attached hydrogens (tertiary/aromatic N) is 1. The second-order valence-electron chi connectivity index (χ2n) is 4.06. The first-order chi connectivity index (χ1) is 7.10. The van der Waals surface area contributed by atoms with Crippen LogP contribution in [0.4, 0.5) is 0 Å². The van der Waals surface area contributed by atoms with Crippen molar-refractivity contribution in [1.29, 1.82) is 5.26 Å². The first-order valence-corrected chi connectivity index (χ1v) is 5.46. The Morgan fingerprint density at radius 3 is 2.67 bits per heavy atom. The van der Waals surface area contributed by atoms with Crippen LogP contribution < -0.4 is 0 Å². The maximum atomic E-state index is 8.55. The van der Waals surface area contributed by atoms with Gasteiger partial charge in [0.05, 0.1) is 6.07 Å². The third-order valence-electron chi connectivity index (χ3n) is 2.50. The molecule has 0 rings (SSSR count). The van der Waals surface area contributed by atoms with Crippen molar-refractivity contribution in [2.24, 2.45) is 5.92 Å². The maximum absolute atomic E-state index is 8.55. The van der Waals surface area contributed by atoms with E-state index in [1.807, 2.05) is 6.08 Å². The summed E-state index contributed by atoms with van der Waals surface area (Å²) in [6.45, 7) is 11.7. The van der Waals surface area contributed by atoms with E-state index in [1.54, 1.807) is 0 Å². The zero-order valence-corrected chi connectivity index (χ0v) is 9.92. The van der Waals surface area contributed by atoms with Crippen molar-refractivity contribution >= 4 is 0 Å². The highest BCUT2D eigenvalue weighted by molar-refractivity contribution is 5.17. The third-order valence-corrected chi connectivity index (χ3v) is 2.50. The number of hydrogen-bond donors (Lipinski definition) is 0. The Morgan fingerprint density at radius 2 is 2.13 bits per heavy atom. The summed E-state index contributed by atoms with van der Waals surface area (Å²) in [6.07, 6.45) is 8.23. The summed E-state index contributed by atoms with van der Waals surface area (Å²) in [4.78, 5) is 0. The molecular weight excluding hydrogens is 182 g/mol. The van der Waals surface area contributed by atoms with Gasteiger partial charge < -0.3 is 0 Å². The summed E-state index contributed by atoms with van der Waals surface area (Å²) in [6, 6.07) is 2.07. The van der Waals surface area contributed by atoms with Gasteiger partial charge in [0.15, 0.2) is 0 Å². The second-order valence-corrected chi connectivity index (χ2v) is 4.06. The second kappa shape index (κ2) is 8.05. The predicted molar refractivity (Wildman–Crippen MR) is 66.3 cm³/mol. The van der Waals surface area contributed by atoms with Crippen LogP contribution in [0.3, 0.4) is 0 Å². The fourth-order valence-electron chi connectivity index (χ4n) is 1.22. The lowest BCUT2D eigenvalue weighted by Gasteiger charge is -2.03. The maximum Gasteiger partial charge on any atom is 0.0940 e. The SMILES string of the molecule is C=CC(C)CC/C=C(\C)CCC(=C)C#N. The minimum atomic E-state index is 0.586. The van der Waals surface area contributed by atoms with E-state index in [4.69, 9.17) is 5.26 Å². The van der Waals surface area contributed by atoms with E-state index in [0.717, 1.165) is 25.7 Å². The van der Waals surface area contributed by atoms with Gasteiger partial charge in [0, 0.05) is 5.57 Å². The topological polar surface area (TPSA) is 23.8 Å². The molecule has 0 saturated carbocycles. The average molecular weight is 203 g/mol. The van der Waals surface area contributed by atoms with Gasteiger partial charge in [-0.05, 0) is 38.5 Å². The van der Waals surface area contributed by atoms with Crippen molar-refractivity contribution in [2.45, 2.75) is 39.5 Å². The van der Waals surface area contributed by atoms with E-state index in [-0.39, 0.29) is 0 Å². The largest absolute Gasteiger partial charge is 0.193 e. The molecule has 0 saturated heterocycles. The lowest BCUT2D eigenvalue weighted by atomic mass is 10.0. The molecule has 0 aromatic rings. The van der Waals surface area contributed by atoms with Crippen LogP contribution in [0.25, 0.3) is 0 Å². The zero-order valence-electron chi connectivity index (χ0n) is 9.92. The van der Waals surface area contributed by atoms with E-state index >= 15 is 0 Å². The van der Waals surface area contributed by atoms with Gasteiger partial charge in [-0.25, -0.2) is 0 Å². The van der Waals surface area contributed by atoms with Crippen LogP contribution in [0, 0.1) is 17.2 Å². The van der Waals surface area contributed by atoms with Crippen molar-refractivity contribution in [3.63, 3.8) is 0 Å². The Bertz CT molecular complexity index is 278. The van der Waals surface area contributed by atoms with Crippen LogP contribution in [0.5, 0.6) is 0 Å². The molecule has 0 fully saturated rings. The van der Waals surface area contributed by atoms with Crippen LogP contribution in [0.2, 0.25) is 0 Å². The molecule has 0 radical (unpaired) electrons. The molecular formula is C14H21N. The highest BCUT2D eigenvalue weighted by atomic mass is 14.2. The predicted octanol–water partition coefficient (Wildman–Crippen LogP) is 4.39. The molecule has 0 bridgehead atoms. The Kier molecular flexibility index (Phi) is 7.36. The summed E-state index contributed by atoms with van der Waals surface area (Å²) in [5.74, 6) is 0.586. The summed E-state index contributed by atoms with van der Waals surface area (Å²) in [5.41, 5.74) is 2.02. The van der Waals surface area contributed by atoms with Gasteiger partial charge in [0.2, 0.25) is 0 Å². The van der Waals surface area contributed by atoms with Crippen molar-refractivity contribution in [1.82, 2.24) is 0 Å². The molecule has 0 aromatic heterocycles. The lowest BCUT2D eigenvalue weighted by Crippen LogP contribution is -1.87. The molecule has 0 aliphatic heterocycles. The minimum Gasteiger partial charge on any atom is -0.193 e. The highest BCUT2D eigenvalue weighted by Crippen LogP contribution is 2.13. The van der Waals surface area contributed by atoms with Gasteiger partial charge in [-0.15, -0.1) is 6.58 Å². The number of allylic oxidation sites excluding steroid dienone is 4. The summed E-state index contributed by atoms with van der Waals surface area (Å²) in [5, 5.41) is 8.55. The van der Waals surface area contributed by atoms with Crippen LogP contribution in [-0.4, -0.2) is 0 Å². The average Bonchev–Trinajstić information content (AvgIpc) is 2.25. The van der Waals surface area contributed by atoms with E-state index < -0.39 is 0 Å². The Hall–Kier alpha value is -1.29. The zero-order chi connectivity index (χ0) is 11.7. The van der Waals surface area contributed by atoms with Gasteiger partial charge in [0.1, 0.15) is 0 Å². The fourth-order valence-corrected chi connectivity index (χ4v) is 1.22. The Balaban J connectivity index is 3.75. The molecule has 0 heterocycles. The molecule has 15 heavy (non-hydrogen) atoms. The van der Waals surface area contributed by atoms with Gasteiger partial charge in [0.25, 0.3) is 0 Å².